The molecule has 3 rings (SSSR count). The molecule has 0 bridgehead atoms. The highest BCUT2D eigenvalue weighted by Crippen LogP contribution is 2.13. The lowest BCUT2D eigenvalue weighted by atomic mass is 10.1. The van der Waals surface area contributed by atoms with E-state index in [0.717, 1.165) is 12.8 Å². The predicted molar refractivity (Wildman–Crippen MR) is 94.1 cm³/mol. The van der Waals surface area contributed by atoms with Gasteiger partial charge in [-0.3, -0.25) is 4.68 Å². The maximum atomic E-state index is 12.5. The second-order valence-electron chi connectivity index (χ2n) is 6.43. The van der Waals surface area contributed by atoms with E-state index in [9.17, 15) is 4.79 Å². The number of carbonyl (C=O) groups is 1. The Balaban J connectivity index is 1.44. The Hall–Kier alpha value is -2.41. The van der Waals surface area contributed by atoms with Crippen molar-refractivity contribution in [1.82, 2.24) is 25.0 Å². The number of amides is 2. The Bertz CT molecular complexity index is 647. The fourth-order valence-electron chi connectivity index (χ4n) is 3.01. The normalized spacial score (nSPS) is 18.8. The first-order valence-electron chi connectivity index (χ1n) is 8.74. The summed E-state index contributed by atoms with van der Waals surface area (Å²) in [5.41, 5.74) is 1.30. The summed E-state index contributed by atoms with van der Waals surface area (Å²) in [5, 5.41) is 7.09. The molecule has 2 atom stereocenters. The molecule has 1 saturated heterocycles. The van der Waals surface area contributed by atoms with Crippen LogP contribution in [0.3, 0.4) is 0 Å². The van der Waals surface area contributed by atoms with Gasteiger partial charge in [-0.2, -0.15) is 5.10 Å². The first-order valence-corrected chi connectivity index (χ1v) is 8.74. The van der Waals surface area contributed by atoms with E-state index in [4.69, 9.17) is 4.74 Å². The third-order valence-corrected chi connectivity index (χ3v) is 4.32. The van der Waals surface area contributed by atoms with Gasteiger partial charge >= 0.3 is 6.03 Å². The highest BCUT2D eigenvalue weighted by molar-refractivity contribution is 5.74. The van der Waals surface area contributed by atoms with Gasteiger partial charge in [0.15, 0.2) is 0 Å². The van der Waals surface area contributed by atoms with Crippen LogP contribution in [0.4, 0.5) is 4.79 Å². The number of hydrogen-bond donors (Lipinski definition) is 1. The highest BCUT2D eigenvalue weighted by atomic mass is 16.5. The van der Waals surface area contributed by atoms with E-state index >= 15 is 0 Å². The maximum Gasteiger partial charge on any atom is 0.317 e. The summed E-state index contributed by atoms with van der Waals surface area (Å²) in [6.07, 6.45) is 5.11. The summed E-state index contributed by atoms with van der Waals surface area (Å²) in [4.78, 5) is 18.2. The molecule has 0 radical (unpaired) electrons. The SMILES string of the molecule is C[C@H](Cn1cncn1)NC(=O)N1CCO[C@H](CCc2ccccc2)C1. The van der Waals surface area contributed by atoms with Gasteiger partial charge in [-0.1, -0.05) is 30.3 Å². The molecule has 25 heavy (non-hydrogen) atoms. The molecule has 1 aromatic carbocycles. The molecule has 0 aliphatic carbocycles. The van der Waals surface area contributed by atoms with Crippen LogP contribution in [0.15, 0.2) is 43.0 Å². The number of benzene rings is 1. The van der Waals surface area contributed by atoms with Gasteiger partial charge in [0.1, 0.15) is 12.7 Å². The number of nitrogens with one attached hydrogen (secondary N) is 1. The number of morpholine rings is 1. The lowest BCUT2D eigenvalue weighted by Gasteiger charge is -2.33. The van der Waals surface area contributed by atoms with Gasteiger partial charge in [0.25, 0.3) is 0 Å². The minimum absolute atomic E-state index is 0.0141. The van der Waals surface area contributed by atoms with Crippen molar-refractivity contribution in [3.8, 4) is 0 Å². The number of aromatic nitrogens is 3. The Morgan fingerprint density at radius 2 is 2.24 bits per heavy atom. The molecule has 2 heterocycles. The summed E-state index contributed by atoms with van der Waals surface area (Å²) in [6, 6.07) is 10.3. The Kier molecular flexibility index (Phi) is 6.00. The summed E-state index contributed by atoms with van der Waals surface area (Å²) in [6.45, 7) is 4.42. The quantitative estimate of drug-likeness (QED) is 0.867. The fourth-order valence-corrected chi connectivity index (χ4v) is 3.01. The van der Waals surface area contributed by atoms with Crippen molar-refractivity contribution in [1.29, 1.82) is 0 Å². The molecule has 0 saturated carbocycles. The van der Waals surface area contributed by atoms with E-state index in [2.05, 4.69) is 27.5 Å². The van der Waals surface area contributed by atoms with Crippen LogP contribution >= 0.6 is 0 Å². The molecular weight excluding hydrogens is 318 g/mol. The van der Waals surface area contributed by atoms with Crippen molar-refractivity contribution >= 4 is 6.03 Å². The molecule has 134 valence electrons. The van der Waals surface area contributed by atoms with Gasteiger partial charge in [-0.05, 0) is 25.3 Å². The lowest BCUT2D eigenvalue weighted by molar-refractivity contribution is -0.0179. The molecule has 1 aliphatic heterocycles. The smallest absolute Gasteiger partial charge is 0.317 e. The van der Waals surface area contributed by atoms with Gasteiger partial charge in [-0.25, -0.2) is 9.78 Å². The molecule has 7 nitrogen and oxygen atoms in total. The highest BCUT2D eigenvalue weighted by Gasteiger charge is 2.24. The van der Waals surface area contributed by atoms with Crippen molar-refractivity contribution in [2.45, 2.75) is 38.5 Å². The van der Waals surface area contributed by atoms with Gasteiger partial charge in [0.2, 0.25) is 0 Å². The first kappa shape index (κ1) is 17.4. The van der Waals surface area contributed by atoms with Gasteiger partial charge < -0.3 is 15.0 Å². The number of aryl methyl sites for hydroxylation is 1. The van der Waals surface area contributed by atoms with Crippen LogP contribution in [0, 0.1) is 0 Å². The van der Waals surface area contributed by atoms with Crippen molar-refractivity contribution in [2.24, 2.45) is 0 Å². The van der Waals surface area contributed by atoms with Crippen LogP contribution < -0.4 is 5.32 Å². The molecule has 2 amide bonds. The van der Waals surface area contributed by atoms with Crippen LogP contribution in [-0.2, 0) is 17.7 Å². The minimum Gasteiger partial charge on any atom is -0.375 e. The second-order valence-corrected chi connectivity index (χ2v) is 6.43. The standard InChI is InChI=1S/C18H25N5O2/c1-15(11-23-14-19-13-20-23)21-18(24)22-9-10-25-17(12-22)8-7-16-5-3-2-4-6-16/h2-6,13-15,17H,7-12H2,1H3,(H,21,24)/t15-,17-/m1/s1. The Morgan fingerprint density at radius 1 is 1.40 bits per heavy atom. The number of urea groups is 1. The number of carbonyl (C=O) groups excluding carboxylic acids is 1. The third kappa shape index (κ3) is 5.29. The van der Waals surface area contributed by atoms with Crippen LogP contribution in [0.25, 0.3) is 0 Å². The fraction of sp³-hybridized carbons (Fsp3) is 0.500. The summed E-state index contributed by atoms with van der Waals surface area (Å²) >= 11 is 0. The van der Waals surface area contributed by atoms with E-state index in [0.29, 0.717) is 26.2 Å². The van der Waals surface area contributed by atoms with E-state index in [1.165, 1.54) is 11.9 Å². The topological polar surface area (TPSA) is 72.3 Å². The van der Waals surface area contributed by atoms with E-state index in [1.807, 2.05) is 30.0 Å². The first-order chi connectivity index (χ1) is 12.2. The van der Waals surface area contributed by atoms with Crippen molar-refractivity contribution in [3.63, 3.8) is 0 Å². The van der Waals surface area contributed by atoms with Crippen LogP contribution in [0.1, 0.15) is 18.9 Å². The van der Waals surface area contributed by atoms with Crippen molar-refractivity contribution in [3.05, 3.63) is 48.5 Å². The molecule has 1 aromatic heterocycles. The molecule has 0 spiro atoms. The number of ether oxygens (including phenoxy) is 1. The Morgan fingerprint density at radius 3 is 3.00 bits per heavy atom. The molecule has 1 aliphatic rings. The van der Waals surface area contributed by atoms with E-state index in [1.54, 1.807) is 11.0 Å². The van der Waals surface area contributed by atoms with Crippen LogP contribution in [0.5, 0.6) is 0 Å². The molecule has 0 unspecified atom stereocenters. The summed E-state index contributed by atoms with van der Waals surface area (Å²) in [7, 11) is 0. The number of nitrogens with zero attached hydrogens (tertiary/aromatic N) is 4. The molecule has 2 aromatic rings. The van der Waals surface area contributed by atoms with Gasteiger partial charge in [0, 0.05) is 19.1 Å². The molecule has 7 heteroatoms. The van der Waals surface area contributed by atoms with Crippen LogP contribution in [-0.4, -0.2) is 57.5 Å². The third-order valence-electron chi connectivity index (χ3n) is 4.32. The van der Waals surface area contributed by atoms with Gasteiger partial charge in [0.05, 0.1) is 19.3 Å². The summed E-state index contributed by atoms with van der Waals surface area (Å²) < 4.78 is 7.54. The molecular formula is C18H25N5O2. The van der Waals surface area contributed by atoms with Crippen LogP contribution in [0.2, 0.25) is 0 Å². The number of rotatable bonds is 6. The zero-order chi connectivity index (χ0) is 17.5. The average Bonchev–Trinajstić information content (AvgIpc) is 3.14. The zero-order valence-electron chi connectivity index (χ0n) is 14.5. The average molecular weight is 343 g/mol. The second kappa shape index (κ2) is 8.62. The predicted octanol–water partition coefficient (Wildman–Crippen LogP) is 1.71. The van der Waals surface area contributed by atoms with E-state index in [-0.39, 0.29) is 18.2 Å². The summed E-state index contributed by atoms with van der Waals surface area (Å²) in [5.74, 6) is 0. The van der Waals surface area contributed by atoms with E-state index < -0.39 is 0 Å². The van der Waals surface area contributed by atoms with Crippen molar-refractivity contribution in [2.75, 3.05) is 19.7 Å². The zero-order valence-corrected chi connectivity index (χ0v) is 14.5. The molecule has 1 N–H and O–H groups in total. The van der Waals surface area contributed by atoms with Gasteiger partial charge in [-0.15, -0.1) is 0 Å². The lowest BCUT2D eigenvalue weighted by Crippen LogP contribution is -2.52. The Labute approximate surface area is 148 Å². The largest absolute Gasteiger partial charge is 0.375 e. The number of hydrogen-bond acceptors (Lipinski definition) is 4. The monoisotopic (exact) mass is 343 g/mol. The molecule has 1 fully saturated rings. The van der Waals surface area contributed by atoms with Crippen molar-refractivity contribution < 1.29 is 9.53 Å². The minimum atomic E-state index is -0.0411. The maximum absolute atomic E-state index is 12.5.